The maximum absolute atomic E-state index is 12.1. The molecule has 29 heavy (non-hydrogen) atoms. The lowest BCUT2D eigenvalue weighted by Gasteiger charge is -2.03. The molecule has 0 saturated heterocycles. The molecule has 1 aromatic carbocycles. The number of carbonyl (C=O) groups is 1. The van der Waals surface area contributed by atoms with Gasteiger partial charge in [-0.25, -0.2) is 18.1 Å². The van der Waals surface area contributed by atoms with E-state index in [-0.39, 0.29) is 18.9 Å². The Kier molecular flexibility index (Phi) is 6.63. The van der Waals surface area contributed by atoms with Gasteiger partial charge in [0.05, 0.1) is 5.69 Å². The van der Waals surface area contributed by atoms with Gasteiger partial charge in [-0.3, -0.25) is 4.79 Å². The molecule has 0 unspecified atom stereocenters. The number of thiazole rings is 1. The van der Waals surface area contributed by atoms with E-state index in [1.54, 1.807) is 12.1 Å². The van der Waals surface area contributed by atoms with Crippen molar-refractivity contribution in [2.45, 2.75) is 20.3 Å². The minimum Gasteiger partial charge on any atom is -0.466 e. The van der Waals surface area contributed by atoms with Crippen LogP contribution in [0.5, 0.6) is 0 Å². The largest absolute Gasteiger partial charge is 0.466 e. The predicted octanol–water partition coefficient (Wildman–Crippen LogP) is 3.94. The molecule has 7 nitrogen and oxygen atoms in total. The van der Waals surface area contributed by atoms with Gasteiger partial charge in [0.1, 0.15) is 11.5 Å². The number of aromatic nitrogens is 1. The van der Waals surface area contributed by atoms with Crippen LogP contribution in [0, 0.1) is 13.8 Å². The second-order valence-electron chi connectivity index (χ2n) is 6.32. The molecule has 0 bridgehead atoms. The summed E-state index contributed by atoms with van der Waals surface area (Å²) in [6.07, 6.45) is 1.50. The van der Waals surface area contributed by atoms with Gasteiger partial charge in [-0.05, 0) is 31.6 Å². The fourth-order valence-electron chi connectivity index (χ4n) is 2.61. The lowest BCUT2D eigenvalue weighted by molar-refractivity contribution is -0.116. The maximum Gasteiger partial charge on any atom is 0.233 e. The smallest absolute Gasteiger partial charge is 0.233 e. The Bertz CT molecular complexity index is 1120. The molecular formula is C20H21N3O4S2. The number of nitrogens with zero attached hydrogens (tertiary/aromatic N) is 1. The molecule has 0 spiro atoms. The maximum atomic E-state index is 12.1. The molecule has 0 aliphatic carbocycles. The lowest BCUT2D eigenvalue weighted by Crippen LogP contribution is -2.26. The van der Waals surface area contributed by atoms with Crippen molar-refractivity contribution in [3.05, 3.63) is 64.3 Å². The van der Waals surface area contributed by atoms with Crippen molar-refractivity contribution < 1.29 is 17.6 Å². The van der Waals surface area contributed by atoms with Crippen LogP contribution >= 0.6 is 11.3 Å². The Labute approximate surface area is 173 Å². The number of hydrogen-bond donors (Lipinski definition) is 2. The summed E-state index contributed by atoms with van der Waals surface area (Å²) in [5.41, 5.74) is 2.39. The second-order valence-corrected chi connectivity index (χ2v) is 8.82. The van der Waals surface area contributed by atoms with E-state index >= 15 is 0 Å². The van der Waals surface area contributed by atoms with Crippen molar-refractivity contribution in [3.63, 3.8) is 0 Å². The van der Waals surface area contributed by atoms with Crippen molar-refractivity contribution in [1.82, 2.24) is 9.71 Å². The first-order valence-corrected chi connectivity index (χ1v) is 11.3. The summed E-state index contributed by atoms with van der Waals surface area (Å²) in [7, 11) is -3.62. The predicted molar refractivity (Wildman–Crippen MR) is 115 cm³/mol. The van der Waals surface area contributed by atoms with Crippen molar-refractivity contribution in [2.24, 2.45) is 0 Å². The standard InChI is InChI=1S/C20H21N3O4S2/c1-14-12-17(15(2)27-14)18-13-28-20(22-18)23-19(24)8-10-21-29(25,26)11-9-16-6-4-3-5-7-16/h3-7,9,11-13,21H,8,10H2,1-2H3,(H,22,23,24). The molecule has 9 heteroatoms. The van der Waals surface area contributed by atoms with E-state index in [1.165, 1.54) is 17.4 Å². The molecule has 152 valence electrons. The molecule has 0 radical (unpaired) electrons. The van der Waals surface area contributed by atoms with Crippen LogP contribution in [0.3, 0.4) is 0 Å². The Morgan fingerprint density at radius 1 is 1.24 bits per heavy atom. The summed E-state index contributed by atoms with van der Waals surface area (Å²) < 4.78 is 31.9. The molecule has 2 heterocycles. The molecule has 0 aliphatic heterocycles. The number of nitrogens with one attached hydrogen (secondary N) is 2. The monoisotopic (exact) mass is 431 g/mol. The van der Waals surface area contributed by atoms with E-state index in [2.05, 4.69) is 15.0 Å². The first-order valence-electron chi connectivity index (χ1n) is 8.88. The molecule has 3 aromatic rings. The van der Waals surface area contributed by atoms with Gasteiger partial charge in [0.25, 0.3) is 0 Å². The molecule has 0 aliphatic rings. The summed E-state index contributed by atoms with van der Waals surface area (Å²) in [6, 6.07) is 11.0. The molecule has 0 atom stereocenters. The number of carbonyl (C=O) groups excluding carboxylic acids is 1. The number of furan rings is 1. The highest BCUT2D eigenvalue weighted by atomic mass is 32.2. The minimum absolute atomic E-state index is 0.00281. The summed E-state index contributed by atoms with van der Waals surface area (Å²) in [6.45, 7) is 3.71. The van der Waals surface area contributed by atoms with Crippen LogP contribution in [0.1, 0.15) is 23.5 Å². The topological polar surface area (TPSA) is 101 Å². The van der Waals surface area contributed by atoms with Gasteiger partial charge < -0.3 is 9.73 Å². The number of hydrogen-bond acceptors (Lipinski definition) is 6. The van der Waals surface area contributed by atoms with Crippen molar-refractivity contribution in [2.75, 3.05) is 11.9 Å². The number of amides is 1. The Hall–Kier alpha value is -2.75. The number of aryl methyl sites for hydroxylation is 2. The third kappa shape index (κ3) is 6.11. The number of anilines is 1. The van der Waals surface area contributed by atoms with Gasteiger partial charge in [-0.2, -0.15) is 0 Å². The molecule has 0 saturated carbocycles. The van der Waals surface area contributed by atoms with E-state index < -0.39 is 10.0 Å². The zero-order chi connectivity index (χ0) is 20.9. The van der Waals surface area contributed by atoms with Crippen LogP contribution in [0.15, 0.2) is 51.6 Å². The number of rotatable bonds is 8. The third-order valence-corrected chi connectivity index (χ3v) is 5.82. The summed E-state index contributed by atoms with van der Waals surface area (Å²) in [5, 5.41) is 6.06. The molecular weight excluding hydrogens is 410 g/mol. The number of sulfonamides is 1. The highest BCUT2D eigenvalue weighted by Gasteiger charge is 2.13. The van der Waals surface area contributed by atoms with Crippen LogP contribution in [0.2, 0.25) is 0 Å². The van der Waals surface area contributed by atoms with Crippen molar-refractivity contribution in [1.29, 1.82) is 0 Å². The summed E-state index contributed by atoms with van der Waals surface area (Å²) >= 11 is 1.30. The summed E-state index contributed by atoms with van der Waals surface area (Å²) in [5.74, 6) is 1.24. The Balaban J connectivity index is 1.49. The SMILES string of the molecule is Cc1cc(-c2csc(NC(=O)CCNS(=O)(=O)C=Cc3ccccc3)n2)c(C)o1. The van der Waals surface area contributed by atoms with Gasteiger partial charge in [-0.1, -0.05) is 30.3 Å². The third-order valence-electron chi connectivity index (χ3n) is 3.96. The van der Waals surface area contributed by atoms with E-state index in [0.717, 1.165) is 33.7 Å². The normalized spacial score (nSPS) is 11.8. The van der Waals surface area contributed by atoms with Gasteiger partial charge in [0.15, 0.2) is 5.13 Å². The average Bonchev–Trinajstić information content (AvgIpc) is 3.26. The molecule has 2 aromatic heterocycles. The first kappa shape index (κ1) is 21.0. The Morgan fingerprint density at radius 3 is 2.69 bits per heavy atom. The molecule has 3 rings (SSSR count). The van der Waals surface area contributed by atoms with Gasteiger partial charge in [0.2, 0.25) is 15.9 Å². The zero-order valence-corrected chi connectivity index (χ0v) is 17.6. The van der Waals surface area contributed by atoms with E-state index in [9.17, 15) is 13.2 Å². The van der Waals surface area contributed by atoms with Gasteiger partial charge >= 0.3 is 0 Å². The first-order chi connectivity index (χ1) is 13.8. The summed E-state index contributed by atoms with van der Waals surface area (Å²) in [4.78, 5) is 16.5. The second kappa shape index (κ2) is 9.17. The van der Waals surface area contributed by atoms with Crippen molar-refractivity contribution >= 4 is 38.5 Å². The van der Waals surface area contributed by atoms with Crippen LogP contribution in [0.25, 0.3) is 17.3 Å². The zero-order valence-electron chi connectivity index (χ0n) is 16.0. The van der Waals surface area contributed by atoms with Crippen LogP contribution in [-0.4, -0.2) is 25.9 Å². The fourth-order valence-corrected chi connectivity index (χ4v) is 4.15. The van der Waals surface area contributed by atoms with Gasteiger partial charge in [-0.15, -0.1) is 11.3 Å². The van der Waals surface area contributed by atoms with Gasteiger partial charge in [0, 0.05) is 29.3 Å². The quantitative estimate of drug-likeness (QED) is 0.563. The highest BCUT2D eigenvalue weighted by Crippen LogP contribution is 2.29. The molecule has 1 amide bonds. The van der Waals surface area contributed by atoms with E-state index in [4.69, 9.17) is 4.42 Å². The van der Waals surface area contributed by atoms with Crippen LogP contribution in [-0.2, 0) is 14.8 Å². The highest BCUT2D eigenvalue weighted by molar-refractivity contribution is 7.92. The lowest BCUT2D eigenvalue weighted by atomic mass is 10.2. The van der Waals surface area contributed by atoms with E-state index in [0.29, 0.717) is 5.13 Å². The molecule has 2 N–H and O–H groups in total. The molecule has 0 fully saturated rings. The van der Waals surface area contributed by atoms with Crippen LogP contribution in [0.4, 0.5) is 5.13 Å². The average molecular weight is 432 g/mol. The van der Waals surface area contributed by atoms with Crippen LogP contribution < -0.4 is 10.0 Å². The van der Waals surface area contributed by atoms with E-state index in [1.807, 2.05) is 43.5 Å². The number of benzene rings is 1. The fraction of sp³-hybridized carbons (Fsp3) is 0.200. The van der Waals surface area contributed by atoms with Crippen molar-refractivity contribution in [3.8, 4) is 11.3 Å². The minimum atomic E-state index is -3.62. The Morgan fingerprint density at radius 2 is 2.00 bits per heavy atom.